The number of hydrogen-bond donors (Lipinski definition) is 1. The molecule has 0 bridgehead atoms. The highest BCUT2D eigenvalue weighted by Crippen LogP contribution is 2.27. The first-order chi connectivity index (χ1) is 8.78. The molecule has 0 radical (unpaired) electrons. The normalized spacial score (nSPS) is 12.6. The Labute approximate surface area is 120 Å². The summed E-state index contributed by atoms with van der Waals surface area (Å²) in [5, 5.41) is 3.04. The molecule has 0 unspecified atom stereocenters. The summed E-state index contributed by atoms with van der Waals surface area (Å²) in [4.78, 5) is 4.30. The van der Waals surface area contributed by atoms with Gasteiger partial charge in [0.05, 0.1) is 4.90 Å². The number of thiophene rings is 1. The van der Waals surface area contributed by atoms with Gasteiger partial charge < -0.3 is 10.2 Å². The predicted molar refractivity (Wildman–Crippen MR) is 80.2 cm³/mol. The van der Waals surface area contributed by atoms with Crippen LogP contribution in [0.25, 0.3) is 0 Å². The molecule has 1 aromatic heterocycles. The van der Waals surface area contributed by atoms with E-state index in [-0.39, 0.29) is 0 Å². The Morgan fingerprint density at radius 1 is 1.26 bits per heavy atom. The molecular formula is C12H23N3O2S2. The van der Waals surface area contributed by atoms with Crippen molar-refractivity contribution in [2.24, 2.45) is 0 Å². The maximum absolute atomic E-state index is 12.5. The average Bonchev–Trinajstić information content (AvgIpc) is 2.68. The van der Waals surface area contributed by atoms with Crippen molar-refractivity contribution in [3.8, 4) is 0 Å². The zero-order chi connectivity index (χ0) is 14.6. The Bertz CT molecular complexity index is 509. The molecule has 0 spiro atoms. The average molecular weight is 305 g/mol. The van der Waals surface area contributed by atoms with Gasteiger partial charge in [0.15, 0.2) is 0 Å². The number of likely N-dealkylation sites (N-methyl/N-ethyl adjacent to an activating group) is 2. The zero-order valence-electron chi connectivity index (χ0n) is 12.2. The van der Waals surface area contributed by atoms with Gasteiger partial charge in [-0.2, -0.15) is 4.31 Å². The quantitative estimate of drug-likeness (QED) is 0.815. The van der Waals surface area contributed by atoms with Crippen molar-refractivity contribution < 1.29 is 8.42 Å². The molecule has 0 amide bonds. The van der Waals surface area contributed by atoms with E-state index in [1.807, 2.05) is 33.0 Å². The Balaban J connectivity index is 2.93. The van der Waals surface area contributed by atoms with E-state index in [2.05, 4.69) is 5.32 Å². The Morgan fingerprint density at radius 2 is 1.89 bits per heavy atom. The van der Waals surface area contributed by atoms with Gasteiger partial charge in [-0.25, -0.2) is 8.42 Å². The van der Waals surface area contributed by atoms with Crippen LogP contribution in [0.2, 0.25) is 0 Å². The van der Waals surface area contributed by atoms with E-state index in [1.165, 1.54) is 15.6 Å². The van der Waals surface area contributed by atoms with Crippen LogP contribution in [0.3, 0.4) is 0 Å². The molecule has 0 aliphatic rings. The molecule has 1 heterocycles. The van der Waals surface area contributed by atoms with Gasteiger partial charge in [-0.05, 0) is 34.1 Å². The summed E-state index contributed by atoms with van der Waals surface area (Å²) >= 11 is 1.53. The van der Waals surface area contributed by atoms with E-state index in [0.717, 1.165) is 9.75 Å². The lowest BCUT2D eigenvalue weighted by molar-refractivity contribution is 0.358. The highest BCUT2D eigenvalue weighted by molar-refractivity contribution is 7.89. The van der Waals surface area contributed by atoms with Crippen molar-refractivity contribution in [3.63, 3.8) is 0 Å². The number of nitrogens with one attached hydrogen (secondary N) is 1. The van der Waals surface area contributed by atoms with Gasteiger partial charge in [0, 0.05) is 36.4 Å². The summed E-state index contributed by atoms with van der Waals surface area (Å²) in [6.07, 6.45) is 0. The van der Waals surface area contributed by atoms with Crippen molar-refractivity contribution in [1.82, 2.24) is 14.5 Å². The number of hydrogen-bond acceptors (Lipinski definition) is 5. The van der Waals surface area contributed by atoms with Crippen molar-refractivity contribution in [1.29, 1.82) is 0 Å². The first-order valence-corrected chi connectivity index (χ1v) is 8.39. The fourth-order valence-corrected chi connectivity index (χ4v) is 4.44. The predicted octanol–water partition coefficient (Wildman–Crippen LogP) is 0.958. The molecule has 0 atom stereocenters. The van der Waals surface area contributed by atoms with Gasteiger partial charge in [-0.15, -0.1) is 11.3 Å². The third-order valence-corrected chi connectivity index (χ3v) is 5.99. The van der Waals surface area contributed by atoms with Crippen LogP contribution < -0.4 is 5.32 Å². The van der Waals surface area contributed by atoms with Crippen molar-refractivity contribution >= 4 is 21.4 Å². The van der Waals surface area contributed by atoms with Gasteiger partial charge in [-0.1, -0.05) is 0 Å². The zero-order valence-corrected chi connectivity index (χ0v) is 13.9. The first kappa shape index (κ1) is 16.6. The largest absolute Gasteiger partial charge is 0.315 e. The molecule has 1 N–H and O–H groups in total. The third-order valence-electron chi connectivity index (χ3n) is 2.82. The minimum atomic E-state index is -3.37. The molecule has 19 heavy (non-hydrogen) atoms. The fraction of sp³-hybridized carbons (Fsp3) is 0.667. The molecule has 110 valence electrons. The van der Waals surface area contributed by atoms with Crippen molar-refractivity contribution in [3.05, 3.63) is 15.8 Å². The van der Waals surface area contributed by atoms with Gasteiger partial charge in [0.1, 0.15) is 0 Å². The summed E-state index contributed by atoms with van der Waals surface area (Å²) in [5.74, 6) is 0. The van der Waals surface area contributed by atoms with Crippen LogP contribution in [0.5, 0.6) is 0 Å². The van der Waals surface area contributed by atoms with E-state index in [9.17, 15) is 8.42 Å². The second-order valence-corrected chi connectivity index (χ2v) is 8.15. The lowest BCUT2D eigenvalue weighted by Crippen LogP contribution is -2.33. The molecule has 0 aliphatic carbocycles. The molecule has 0 aliphatic heterocycles. The smallest absolute Gasteiger partial charge is 0.243 e. The lowest BCUT2D eigenvalue weighted by Gasteiger charge is -2.19. The molecule has 1 aromatic rings. The monoisotopic (exact) mass is 305 g/mol. The molecule has 0 fully saturated rings. The van der Waals surface area contributed by atoms with Gasteiger partial charge >= 0.3 is 0 Å². The second-order valence-electron chi connectivity index (χ2n) is 4.79. The van der Waals surface area contributed by atoms with Crippen molar-refractivity contribution in [2.45, 2.75) is 18.4 Å². The number of sulfonamides is 1. The Kier molecular flexibility index (Phi) is 5.94. The summed E-state index contributed by atoms with van der Waals surface area (Å²) in [6, 6.07) is 1.78. The number of nitrogens with zero attached hydrogens (tertiary/aromatic N) is 2. The lowest BCUT2D eigenvalue weighted by atomic mass is 10.4. The van der Waals surface area contributed by atoms with Crippen LogP contribution in [0.4, 0.5) is 0 Å². The molecule has 0 saturated heterocycles. The van der Waals surface area contributed by atoms with Crippen LogP contribution in [-0.4, -0.2) is 58.9 Å². The Morgan fingerprint density at radius 3 is 2.42 bits per heavy atom. The first-order valence-electron chi connectivity index (χ1n) is 6.14. The van der Waals surface area contributed by atoms with Crippen LogP contribution >= 0.6 is 11.3 Å². The Hall–Kier alpha value is -0.470. The molecule has 1 rings (SSSR count). The number of aryl methyl sites for hydroxylation is 1. The minimum Gasteiger partial charge on any atom is -0.315 e. The maximum Gasteiger partial charge on any atom is 0.243 e. The van der Waals surface area contributed by atoms with Gasteiger partial charge in [0.2, 0.25) is 10.0 Å². The summed E-state index contributed by atoms with van der Waals surface area (Å²) in [6.45, 7) is 3.76. The van der Waals surface area contributed by atoms with Crippen LogP contribution in [-0.2, 0) is 16.6 Å². The second kappa shape index (κ2) is 6.81. The summed E-state index contributed by atoms with van der Waals surface area (Å²) in [7, 11) is 3.98. The van der Waals surface area contributed by atoms with Crippen molar-refractivity contribution in [2.75, 3.05) is 41.3 Å². The summed E-state index contributed by atoms with van der Waals surface area (Å²) in [5.41, 5.74) is 0. The fourth-order valence-electron chi connectivity index (χ4n) is 1.67. The molecule has 0 saturated carbocycles. The van der Waals surface area contributed by atoms with Crippen LogP contribution in [0, 0.1) is 6.92 Å². The standard InChI is InChI=1S/C12H23N3O2S2/c1-10-12(8-11(18-10)9-13-2)19(16,17)15(5)7-6-14(3)4/h8,13H,6-7,9H2,1-5H3. The van der Waals surface area contributed by atoms with E-state index >= 15 is 0 Å². The van der Waals surface area contributed by atoms with Crippen LogP contribution in [0.1, 0.15) is 9.75 Å². The van der Waals surface area contributed by atoms with Gasteiger partial charge in [0.25, 0.3) is 0 Å². The van der Waals surface area contributed by atoms with E-state index in [0.29, 0.717) is 24.5 Å². The summed E-state index contributed by atoms with van der Waals surface area (Å²) < 4.78 is 26.4. The highest BCUT2D eigenvalue weighted by Gasteiger charge is 2.24. The molecular weight excluding hydrogens is 282 g/mol. The highest BCUT2D eigenvalue weighted by atomic mass is 32.2. The van der Waals surface area contributed by atoms with Gasteiger partial charge in [-0.3, -0.25) is 0 Å². The topological polar surface area (TPSA) is 52.7 Å². The molecule has 0 aromatic carbocycles. The maximum atomic E-state index is 12.5. The van der Waals surface area contributed by atoms with E-state index in [4.69, 9.17) is 0 Å². The van der Waals surface area contributed by atoms with Crippen LogP contribution in [0.15, 0.2) is 11.0 Å². The molecule has 7 heteroatoms. The molecule has 5 nitrogen and oxygen atoms in total. The third kappa shape index (κ3) is 4.25. The van der Waals surface area contributed by atoms with E-state index in [1.54, 1.807) is 13.1 Å². The minimum absolute atomic E-state index is 0.434. The number of rotatable bonds is 7. The SMILES string of the molecule is CNCc1cc(S(=O)(=O)N(C)CCN(C)C)c(C)s1. The van der Waals surface area contributed by atoms with E-state index < -0.39 is 10.0 Å².